The third kappa shape index (κ3) is 2.71. The second-order valence-electron chi connectivity index (χ2n) is 5.34. The molecule has 0 unspecified atom stereocenters. The average molecular weight is 322 g/mol. The Hall–Kier alpha value is -2.66. The molecule has 0 saturated carbocycles. The molecular formula is C18H14N2O2S. The van der Waals surface area contributed by atoms with Crippen LogP contribution in [-0.4, -0.2) is 11.1 Å². The van der Waals surface area contributed by atoms with E-state index in [9.17, 15) is 4.79 Å². The maximum Gasteiger partial charge on any atom is 0.408 e. The smallest absolute Gasteiger partial charge is 0.408 e. The number of nitrogens with one attached hydrogen (secondary N) is 1. The first-order chi connectivity index (χ1) is 11.3. The molecule has 1 amide bonds. The van der Waals surface area contributed by atoms with Crippen LogP contribution < -0.4 is 5.32 Å². The van der Waals surface area contributed by atoms with Gasteiger partial charge in [-0.05, 0) is 28.6 Å². The van der Waals surface area contributed by atoms with Gasteiger partial charge in [-0.15, -0.1) is 11.3 Å². The first-order valence-corrected chi connectivity index (χ1v) is 8.20. The molecule has 5 heteroatoms. The van der Waals surface area contributed by atoms with Gasteiger partial charge in [0.05, 0.1) is 0 Å². The van der Waals surface area contributed by atoms with Gasteiger partial charge < -0.3 is 10.1 Å². The number of ether oxygens (including phenoxy) is 1. The molecule has 2 aromatic heterocycles. The molecule has 3 heterocycles. The Morgan fingerprint density at radius 2 is 1.91 bits per heavy atom. The lowest BCUT2D eigenvalue weighted by atomic mass is 9.99. The highest BCUT2D eigenvalue weighted by atomic mass is 32.1. The summed E-state index contributed by atoms with van der Waals surface area (Å²) in [5, 5.41) is 4.88. The van der Waals surface area contributed by atoms with Gasteiger partial charge in [0, 0.05) is 22.8 Å². The van der Waals surface area contributed by atoms with Gasteiger partial charge in [0.2, 0.25) is 0 Å². The number of alkyl carbamates (subject to hydrolysis) is 1. The lowest BCUT2D eigenvalue weighted by Gasteiger charge is -2.16. The SMILES string of the molecule is O=C1N[C@H](c2cncc(-c3ccccc3)c2)[C@@H](c2cccs2)O1. The van der Waals surface area contributed by atoms with E-state index in [2.05, 4.69) is 16.4 Å². The molecule has 0 radical (unpaired) electrons. The van der Waals surface area contributed by atoms with Crippen molar-refractivity contribution in [3.05, 3.63) is 76.7 Å². The third-order valence-electron chi connectivity index (χ3n) is 3.86. The quantitative estimate of drug-likeness (QED) is 0.781. The molecule has 0 bridgehead atoms. The van der Waals surface area contributed by atoms with E-state index < -0.39 is 6.09 Å². The summed E-state index contributed by atoms with van der Waals surface area (Å²) in [4.78, 5) is 17.1. The van der Waals surface area contributed by atoms with Crippen LogP contribution in [0, 0.1) is 0 Å². The van der Waals surface area contributed by atoms with Crippen LogP contribution in [0.3, 0.4) is 0 Å². The summed E-state index contributed by atoms with van der Waals surface area (Å²) in [7, 11) is 0. The molecule has 23 heavy (non-hydrogen) atoms. The van der Waals surface area contributed by atoms with E-state index >= 15 is 0 Å². The number of carbonyl (C=O) groups is 1. The summed E-state index contributed by atoms with van der Waals surface area (Å²) in [6, 6.07) is 15.8. The minimum atomic E-state index is -0.390. The van der Waals surface area contributed by atoms with Crippen molar-refractivity contribution in [2.24, 2.45) is 0 Å². The highest BCUT2D eigenvalue weighted by molar-refractivity contribution is 7.10. The standard InChI is InChI=1S/C18H14N2O2S/c21-18-20-16(17(22-18)15-7-4-8-23-15)14-9-13(10-19-11-14)12-5-2-1-3-6-12/h1-11,16-17H,(H,20,21)/t16-,17-/m1/s1. The Morgan fingerprint density at radius 1 is 1.04 bits per heavy atom. The van der Waals surface area contributed by atoms with Gasteiger partial charge in [-0.2, -0.15) is 0 Å². The number of pyridine rings is 1. The second kappa shape index (κ2) is 5.85. The highest BCUT2D eigenvalue weighted by Crippen LogP contribution is 2.39. The summed E-state index contributed by atoms with van der Waals surface area (Å²) in [5.74, 6) is 0. The first kappa shape index (κ1) is 14.0. The number of aromatic nitrogens is 1. The molecule has 1 fully saturated rings. The van der Waals surface area contributed by atoms with Gasteiger partial charge in [0.15, 0.2) is 6.10 Å². The molecule has 3 aromatic rings. The van der Waals surface area contributed by atoms with Crippen LogP contribution >= 0.6 is 11.3 Å². The van der Waals surface area contributed by atoms with Gasteiger partial charge in [0.1, 0.15) is 6.04 Å². The summed E-state index contributed by atoms with van der Waals surface area (Å²) in [6.07, 6.45) is 2.91. The van der Waals surface area contributed by atoms with Crippen molar-refractivity contribution in [2.75, 3.05) is 0 Å². The normalized spacial score (nSPS) is 20.1. The van der Waals surface area contributed by atoms with Crippen molar-refractivity contribution in [1.29, 1.82) is 0 Å². The van der Waals surface area contributed by atoms with Crippen LogP contribution in [0.4, 0.5) is 4.79 Å². The van der Waals surface area contributed by atoms with Crippen LogP contribution in [0.5, 0.6) is 0 Å². The Balaban J connectivity index is 1.71. The molecular weight excluding hydrogens is 308 g/mol. The van der Waals surface area contributed by atoms with Gasteiger partial charge in [-0.1, -0.05) is 36.4 Å². The van der Waals surface area contributed by atoms with E-state index in [1.165, 1.54) is 0 Å². The number of thiophene rings is 1. The first-order valence-electron chi connectivity index (χ1n) is 7.32. The average Bonchev–Trinajstić information content (AvgIpc) is 3.25. The maximum absolute atomic E-state index is 11.7. The minimum absolute atomic E-state index is 0.225. The van der Waals surface area contributed by atoms with E-state index in [-0.39, 0.29) is 12.1 Å². The Labute approximate surface area is 137 Å². The molecule has 114 valence electrons. The zero-order chi connectivity index (χ0) is 15.6. The van der Waals surface area contributed by atoms with Crippen LogP contribution in [0.1, 0.15) is 22.6 Å². The molecule has 4 rings (SSSR count). The second-order valence-corrected chi connectivity index (χ2v) is 6.32. The summed E-state index contributed by atoms with van der Waals surface area (Å²) >= 11 is 1.58. The fourth-order valence-corrected chi connectivity index (χ4v) is 3.56. The zero-order valence-corrected chi connectivity index (χ0v) is 13.0. The molecule has 0 spiro atoms. The van der Waals surface area contributed by atoms with Gasteiger partial charge >= 0.3 is 6.09 Å². The van der Waals surface area contributed by atoms with Crippen LogP contribution in [0.25, 0.3) is 11.1 Å². The number of cyclic esters (lactones) is 1. The summed E-state index contributed by atoms with van der Waals surface area (Å²) < 4.78 is 5.45. The summed E-state index contributed by atoms with van der Waals surface area (Å²) in [6.45, 7) is 0. The number of amides is 1. The molecule has 0 aliphatic carbocycles. The molecule has 1 aromatic carbocycles. The lowest BCUT2D eigenvalue weighted by Crippen LogP contribution is -2.19. The predicted molar refractivity (Wildman–Crippen MR) is 89.1 cm³/mol. The number of hydrogen-bond donors (Lipinski definition) is 1. The minimum Gasteiger partial charge on any atom is -0.438 e. The van der Waals surface area contributed by atoms with Crippen LogP contribution in [0.15, 0.2) is 66.3 Å². The molecule has 4 nitrogen and oxygen atoms in total. The molecule has 1 saturated heterocycles. The van der Waals surface area contributed by atoms with Gasteiger partial charge in [-0.3, -0.25) is 4.98 Å². The highest BCUT2D eigenvalue weighted by Gasteiger charge is 2.37. The van der Waals surface area contributed by atoms with Crippen molar-refractivity contribution in [2.45, 2.75) is 12.1 Å². The molecule has 1 N–H and O–H groups in total. The summed E-state index contributed by atoms with van der Waals surface area (Å²) in [5.41, 5.74) is 3.06. The number of nitrogens with zero attached hydrogens (tertiary/aromatic N) is 1. The fraction of sp³-hybridized carbons (Fsp3) is 0.111. The number of carbonyl (C=O) groups excluding carboxylic acids is 1. The molecule has 1 aliphatic rings. The van der Waals surface area contributed by atoms with Gasteiger partial charge in [0.25, 0.3) is 0 Å². The lowest BCUT2D eigenvalue weighted by molar-refractivity contribution is 0.134. The van der Waals surface area contributed by atoms with Crippen LogP contribution in [-0.2, 0) is 4.74 Å². The Morgan fingerprint density at radius 3 is 2.70 bits per heavy atom. The van der Waals surface area contributed by atoms with E-state index in [4.69, 9.17) is 4.74 Å². The van der Waals surface area contributed by atoms with Crippen molar-refractivity contribution in [3.63, 3.8) is 0 Å². The number of benzene rings is 1. The number of hydrogen-bond acceptors (Lipinski definition) is 4. The monoisotopic (exact) mass is 322 g/mol. The van der Waals surface area contributed by atoms with Crippen molar-refractivity contribution in [1.82, 2.24) is 10.3 Å². The van der Waals surface area contributed by atoms with E-state index in [0.717, 1.165) is 21.6 Å². The van der Waals surface area contributed by atoms with Crippen molar-refractivity contribution < 1.29 is 9.53 Å². The zero-order valence-electron chi connectivity index (χ0n) is 12.2. The largest absolute Gasteiger partial charge is 0.438 e. The predicted octanol–water partition coefficient (Wildman–Crippen LogP) is 4.33. The van der Waals surface area contributed by atoms with E-state index in [1.54, 1.807) is 17.5 Å². The van der Waals surface area contributed by atoms with E-state index in [0.29, 0.717) is 0 Å². The maximum atomic E-state index is 11.7. The topological polar surface area (TPSA) is 51.2 Å². The fourth-order valence-electron chi connectivity index (χ4n) is 2.77. The third-order valence-corrected chi connectivity index (χ3v) is 4.79. The van der Waals surface area contributed by atoms with Gasteiger partial charge in [-0.25, -0.2) is 4.79 Å². The van der Waals surface area contributed by atoms with E-state index in [1.807, 2.05) is 54.0 Å². The Kier molecular flexibility index (Phi) is 3.55. The Bertz CT molecular complexity index is 818. The van der Waals surface area contributed by atoms with Crippen molar-refractivity contribution in [3.8, 4) is 11.1 Å². The van der Waals surface area contributed by atoms with Crippen molar-refractivity contribution >= 4 is 17.4 Å². The molecule has 1 aliphatic heterocycles. The number of rotatable bonds is 3. The molecule has 2 atom stereocenters. The van der Waals surface area contributed by atoms with Crippen LogP contribution in [0.2, 0.25) is 0 Å².